The normalized spacial score (nSPS) is 51.5. The Balaban J connectivity index is 1.06. The van der Waals surface area contributed by atoms with E-state index in [9.17, 15) is 15.0 Å². The average Bonchev–Trinajstić information content (AvgIpc) is 3.75. The summed E-state index contributed by atoms with van der Waals surface area (Å²) in [5.74, 6) is 1.04. The second kappa shape index (κ2) is 11.0. The first-order valence-electron chi connectivity index (χ1n) is 18.6. The Labute approximate surface area is 277 Å². The van der Waals surface area contributed by atoms with E-state index in [4.69, 9.17) is 14.2 Å². The predicted octanol–water partition coefficient (Wildman–Crippen LogP) is 7.68. The molecule has 6 nitrogen and oxygen atoms in total. The largest absolute Gasteiger partial charge is 0.459 e. The van der Waals surface area contributed by atoms with Crippen molar-refractivity contribution in [1.82, 2.24) is 0 Å². The van der Waals surface area contributed by atoms with Gasteiger partial charge in [0.15, 0.2) is 6.29 Å². The van der Waals surface area contributed by atoms with Crippen LogP contribution in [0.4, 0.5) is 0 Å². The molecule has 0 aromatic carbocycles. The lowest BCUT2D eigenvalue weighted by atomic mass is 9.37. The van der Waals surface area contributed by atoms with Crippen LogP contribution in [0.5, 0.6) is 0 Å². The minimum Gasteiger partial charge on any atom is -0.459 e. The van der Waals surface area contributed by atoms with Gasteiger partial charge in [-0.3, -0.25) is 0 Å². The summed E-state index contributed by atoms with van der Waals surface area (Å²) >= 11 is 0. The molecule has 5 aliphatic carbocycles. The Morgan fingerprint density at radius 2 is 1.65 bits per heavy atom. The number of carbonyl (C=O) groups is 1. The number of rotatable bonds is 8. The fourth-order valence-electron chi connectivity index (χ4n) is 13.3. The van der Waals surface area contributed by atoms with Gasteiger partial charge in [-0.1, -0.05) is 71.4 Å². The number of aliphatic hydroxyl groups is 2. The highest BCUT2D eigenvalue weighted by molar-refractivity contribution is 5.82. The molecule has 2 saturated heterocycles. The van der Waals surface area contributed by atoms with Gasteiger partial charge in [0.2, 0.25) is 0 Å². The standard InChI is InChI=1S/C40H60O6/c1-8-9-10-11-12-13-14-15-32(42)45-31-18-19-37(6)28-17-20-39-24-40(39,38(28,7)30(41)23-29(37)35(31,2)3)21-16-26(39)25-22-27(44-34(25)43)33-36(4,5)46-33/h10-15,25-31,33-34,41,43H,8-9,16-24H2,1-7H3/b11-10+,13-12+,15-14-/t25-,26+,27+,28-,29+,30-,31-,33+,34+,37+,38+,39-,40-/m0/s1. The molecule has 2 aliphatic heterocycles. The van der Waals surface area contributed by atoms with E-state index in [0.717, 1.165) is 57.8 Å². The monoisotopic (exact) mass is 636 g/mol. The third-order valence-corrected chi connectivity index (χ3v) is 15.6. The van der Waals surface area contributed by atoms with E-state index in [1.807, 2.05) is 18.2 Å². The van der Waals surface area contributed by atoms with Gasteiger partial charge in [0.05, 0.1) is 17.8 Å². The molecule has 5 saturated carbocycles. The minimum absolute atomic E-state index is 0.0156. The third-order valence-electron chi connectivity index (χ3n) is 15.6. The van der Waals surface area contributed by atoms with Gasteiger partial charge in [-0.25, -0.2) is 4.79 Å². The molecular weight excluding hydrogens is 576 g/mol. The van der Waals surface area contributed by atoms with Crippen LogP contribution < -0.4 is 0 Å². The van der Waals surface area contributed by atoms with Gasteiger partial charge in [-0.15, -0.1) is 0 Å². The zero-order chi connectivity index (χ0) is 32.9. The number of aliphatic hydroxyl groups excluding tert-OH is 2. The molecule has 13 atom stereocenters. The van der Waals surface area contributed by atoms with Crippen LogP contribution in [0.1, 0.15) is 119 Å². The Bertz CT molecular complexity index is 1300. The summed E-state index contributed by atoms with van der Waals surface area (Å²) in [7, 11) is 0. The van der Waals surface area contributed by atoms with Crippen LogP contribution in [0.2, 0.25) is 0 Å². The first kappa shape index (κ1) is 33.0. The SMILES string of the molecule is CCC/C=C/C=C/C=C\C(=O)O[C@H]1CC[C@@]2(C)[C@H](C[C@H](O)[C@@]3(C)[C@H]2CC[C@@]24C[C@]23CC[C@@H]4[C@@H]2C[C@H]([C@H]3OC3(C)C)O[C@H]2O)C1(C)C. The van der Waals surface area contributed by atoms with Crippen molar-refractivity contribution < 1.29 is 29.2 Å². The van der Waals surface area contributed by atoms with Crippen molar-refractivity contribution >= 4 is 5.97 Å². The second-order valence-electron chi connectivity index (χ2n) is 18.1. The molecule has 256 valence electrons. The molecule has 0 amide bonds. The highest BCUT2D eigenvalue weighted by Crippen LogP contribution is 2.91. The van der Waals surface area contributed by atoms with Crippen LogP contribution in [0, 0.1) is 50.7 Å². The van der Waals surface area contributed by atoms with Crippen LogP contribution in [0.15, 0.2) is 36.5 Å². The molecule has 7 fully saturated rings. The van der Waals surface area contributed by atoms with Crippen LogP contribution >= 0.6 is 0 Å². The van der Waals surface area contributed by atoms with E-state index in [0.29, 0.717) is 11.8 Å². The fourth-order valence-corrected chi connectivity index (χ4v) is 13.3. The Morgan fingerprint density at radius 3 is 2.37 bits per heavy atom. The lowest BCUT2D eigenvalue weighted by molar-refractivity contribution is -0.245. The van der Waals surface area contributed by atoms with Crippen molar-refractivity contribution in [3.63, 3.8) is 0 Å². The third kappa shape index (κ3) is 4.58. The maximum absolute atomic E-state index is 12.9. The molecule has 7 aliphatic rings. The minimum atomic E-state index is -0.711. The molecule has 0 spiro atoms. The van der Waals surface area contributed by atoms with E-state index in [1.54, 1.807) is 6.08 Å². The van der Waals surface area contributed by atoms with Crippen molar-refractivity contribution in [3.8, 4) is 0 Å². The van der Waals surface area contributed by atoms with Gasteiger partial charge >= 0.3 is 5.97 Å². The Morgan fingerprint density at radius 1 is 0.913 bits per heavy atom. The summed E-state index contributed by atoms with van der Waals surface area (Å²) in [5.41, 5.74) is -0.0831. The van der Waals surface area contributed by atoms with Gasteiger partial charge < -0.3 is 24.4 Å². The highest BCUT2D eigenvalue weighted by atomic mass is 16.7. The van der Waals surface area contributed by atoms with E-state index in [1.165, 1.54) is 18.9 Å². The van der Waals surface area contributed by atoms with Crippen LogP contribution in [-0.2, 0) is 19.0 Å². The fraction of sp³-hybridized carbons (Fsp3) is 0.825. The zero-order valence-corrected chi connectivity index (χ0v) is 29.5. The first-order chi connectivity index (χ1) is 21.7. The number of allylic oxidation sites excluding steroid dienone is 5. The molecule has 0 bridgehead atoms. The summed E-state index contributed by atoms with van der Waals surface area (Å²) in [5, 5.41) is 23.5. The molecule has 0 aromatic rings. The van der Waals surface area contributed by atoms with Gasteiger partial charge in [-0.05, 0) is 112 Å². The zero-order valence-electron chi connectivity index (χ0n) is 29.5. The molecule has 0 aromatic heterocycles. The molecule has 0 radical (unpaired) electrons. The lowest BCUT2D eigenvalue weighted by Crippen LogP contribution is -2.66. The second-order valence-corrected chi connectivity index (χ2v) is 18.1. The maximum Gasteiger partial charge on any atom is 0.331 e. The number of unbranched alkanes of at least 4 members (excludes halogenated alkanes) is 1. The van der Waals surface area contributed by atoms with Crippen LogP contribution in [0.25, 0.3) is 0 Å². The quantitative estimate of drug-likeness (QED) is 0.123. The van der Waals surface area contributed by atoms with Gasteiger partial charge in [0.25, 0.3) is 0 Å². The van der Waals surface area contributed by atoms with E-state index < -0.39 is 6.29 Å². The number of fused-ring (bicyclic) bond motifs is 3. The van der Waals surface area contributed by atoms with Crippen molar-refractivity contribution in [3.05, 3.63) is 36.5 Å². The Hall–Kier alpha value is -1.47. The molecule has 7 rings (SSSR count). The summed E-state index contributed by atoms with van der Waals surface area (Å²) < 4.78 is 18.3. The van der Waals surface area contributed by atoms with E-state index in [-0.39, 0.29) is 74.9 Å². The first-order valence-corrected chi connectivity index (χ1v) is 18.6. The van der Waals surface area contributed by atoms with Crippen molar-refractivity contribution in [1.29, 1.82) is 0 Å². The van der Waals surface area contributed by atoms with Gasteiger partial charge in [-0.2, -0.15) is 0 Å². The summed E-state index contributed by atoms with van der Waals surface area (Å²) in [6, 6.07) is 0. The predicted molar refractivity (Wildman–Crippen MR) is 178 cm³/mol. The number of esters is 1. The summed E-state index contributed by atoms with van der Waals surface area (Å²) in [6.45, 7) is 15.9. The summed E-state index contributed by atoms with van der Waals surface area (Å²) in [6.07, 6.45) is 21.6. The topological polar surface area (TPSA) is 88.5 Å². The smallest absolute Gasteiger partial charge is 0.331 e. The van der Waals surface area contributed by atoms with Crippen molar-refractivity contribution in [2.24, 2.45) is 50.7 Å². The number of hydrogen-bond acceptors (Lipinski definition) is 6. The van der Waals surface area contributed by atoms with E-state index in [2.05, 4.69) is 54.5 Å². The molecule has 2 N–H and O–H groups in total. The maximum atomic E-state index is 12.9. The van der Waals surface area contributed by atoms with Crippen LogP contribution in [0.3, 0.4) is 0 Å². The van der Waals surface area contributed by atoms with Crippen molar-refractivity contribution in [2.75, 3.05) is 0 Å². The number of ether oxygens (including phenoxy) is 3. The number of epoxide rings is 1. The lowest BCUT2D eigenvalue weighted by Gasteiger charge is -2.68. The number of carbonyl (C=O) groups excluding carboxylic acids is 1. The molecule has 6 heteroatoms. The Kier molecular flexibility index (Phi) is 7.92. The van der Waals surface area contributed by atoms with Crippen LogP contribution in [-0.4, -0.2) is 52.5 Å². The molecule has 46 heavy (non-hydrogen) atoms. The summed E-state index contributed by atoms with van der Waals surface area (Å²) in [4.78, 5) is 12.9. The molecule has 0 unspecified atom stereocenters. The van der Waals surface area contributed by atoms with Gasteiger partial charge in [0.1, 0.15) is 12.2 Å². The average molecular weight is 637 g/mol. The highest BCUT2D eigenvalue weighted by Gasteiger charge is 2.86. The van der Waals surface area contributed by atoms with E-state index >= 15 is 0 Å². The molecule has 2 heterocycles. The van der Waals surface area contributed by atoms with Gasteiger partial charge in [0, 0.05) is 22.8 Å². The van der Waals surface area contributed by atoms with Crippen molar-refractivity contribution in [2.45, 2.75) is 155 Å². The molecular formula is C40H60O6. The number of hydrogen-bond donors (Lipinski definition) is 2.